The Labute approximate surface area is 297 Å². The van der Waals surface area contributed by atoms with E-state index in [9.17, 15) is 10.3 Å². The Bertz CT molecular complexity index is 2050. The highest BCUT2D eigenvalue weighted by atomic mass is 79.9. The summed E-state index contributed by atoms with van der Waals surface area (Å²) in [5.41, 5.74) is 21.0. The number of hydrazine groups is 1. The topological polar surface area (TPSA) is 141 Å². The third-order valence-corrected chi connectivity index (χ3v) is 9.48. The van der Waals surface area contributed by atoms with Crippen LogP contribution in [0.4, 0.5) is 5.69 Å². The van der Waals surface area contributed by atoms with E-state index in [4.69, 9.17) is 19.6 Å². The van der Waals surface area contributed by atoms with Gasteiger partial charge in [-0.3, -0.25) is 10.2 Å². The Hall–Kier alpha value is -5.45. The predicted octanol–water partition coefficient (Wildman–Crippen LogP) is 8.04. The second-order valence-corrected chi connectivity index (χ2v) is 13.0. The van der Waals surface area contributed by atoms with Crippen LogP contribution in [0.15, 0.2) is 136 Å². The number of nitrogens with one attached hydrogen (secondary N) is 2. The Morgan fingerprint density at radius 3 is 2.20 bits per heavy atom. The molecule has 0 unspecified atom stereocenters. The van der Waals surface area contributed by atoms with Gasteiger partial charge in [0.25, 0.3) is 5.91 Å². The summed E-state index contributed by atoms with van der Waals surface area (Å²) in [6.07, 6.45) is -0.274. The number of aliphatic imine (C=N–C) groups is 1. The fraction of sp³-hybridized carbons (Fsp3) is 0.179. The van der Waals surface area contributed by atoms with E-state index in [-0.39, 0.29) is 25.0 Å². The number of amides is 1. The zero-order valence-corrected chi connectivity index (χ0v) is 28.5. The molecule has 1 heterocycles. The van der Waals surface area contributed by atoms with Crippen molar-refractivity contribution in [1.82, 2.24) is 10.9 Å². The summed E-state index contributed by atoms with van der Waals surface area (Å²) >= 11 is 3.52. The van der Waals surface area contributed by atoms with E-state index in [0.29, 0.717) is 35.6 Å². The number of carbonyl (C=O) groups is 1. The van der Waals surface area contributed by atoms with Gasteiger partial charge in [-0.1, -0.05) is 106 Å². The maximum atomic E-state index is 14.9. The number of hydrogen-bond acceptors (Lipinski definition) is 7. The molecule has 10 nitrogen and oxygen atoms in total. The van der Waals surface area contributed by atoms with E-state index >= 15 is 0 Å². The maximum absolute atomic E-state index is 14.9. The molecule has 7 rings (SSSR count). The highest BCUT2D eigenvalue weighted by Gasteiger charge is 2.54. The van der Waals surface area contributed by atoms with Crippen molar-refractivity contribution in [3.8, 4) is 16.9 Å². The zero-order valence-electron chi connectivity index (χ0n) is 26.9. The Morgan fingerprint density at radius 2 is 1.54 bits per heavy atom. The summed E-state index contributed by atoms with van der Waals surface area (Å²) in [5.74, 6) is 0.477. The molecule has 0 radical (unpaired) electrons. The highest BCUT2D eigenvalue weighted by Crippen LogP contribution is 2.46. The number of nitrogens with zero attached hydrogens (tertiary/aromatic N) is 4. The molecule has 0 saturated carbocycles. The molecular formula is C39H33BrN6O4. The first-order valence-electron chi connectivity index (χ1n) is 16.2. The molecule has 1 aliphatic heterocycles. The van der Waals surface area contributed by atoms with Gasteiger partial charge in [0.2, 0.25) is 5.90 Å². The lowest BCUT2D eigenvalue weighted by Crippen LogP contribution is -2.54. The van der Waals surface area contributed by atoms with Gasteiger partial charge < -0.3 is 14.6 Å². The number of fused-ring (bicyclic) bond motifs is 3. The van der Waals surface area contributed by atoms with Crippen molar-refractivity contribution in [3.63, 3.8) is 0 Å². The number of aliphatic hydroxyl groups excluding tert-OH is 1. The summed E-state index contributed by atoms with van der Waals surface area (Å²) in [6.45, 7) is 0.420. The number of carbonyl (C=O) groups excluding carboxylic acids is 1. The van der Waals surface area contributed by atoms with Crippen LogP contribution in [-0.2, 0) is 16.0 Å². The Balaban J connectivity index is 1.31. The summed E-state index contributed by atoms with van der Waals surface area (Å²) in [4.78, 5) is 23.1. The van der Waals surface area contributed by atoms with Crippen LogP contribution in [0.2, 0.25) is 0 Å². The number of benzene rings is 5. The van der Waals surface area contributed by atoms with Crippen molar-refractivity contribution in [1.29, 1.82) is 0 Å². The van der Waals surface area contributed by atoms with Crippen LogP contribution in [0.1, 0.15) is 46.4 Å². The van der Waals surface area contributed by atoms with Crippen LogP contribution in [0, 0.1) is 0 Å². The molecule has 1 aliphatic carbocycles. The quantitative estimate of drug-likeness (QED) is 0.0392. The lowest BCUT2D eigenvalue weighted by atomic mass is 9.81. The van der Waals surface area contributed by atoms with Gasteiger partial charge >= 0.3 is 0 Å². The number of hydrogen-bond donors (Lipinski definition) is 3. The van der Waals surface area contributed by atoms with Crippen LogP contribution < -0.4 is 15.6 Å². The maximum Gasteiger partial charge on any atom is 0.266 e. The predicted molar refractivity (Wildman–Crippen MR) is 195 cm³/mol. The first kappa shape index (κ1) is 33.1. The molecule has 3 N–H and O–H groups in total. The van der Waals surface area contributed by atoms with E-state index in [1.165, 1.54) is 0 Å². The molecule has 0 bridgehead atoms. The highest BCUT2D eigenvalue weighted by molar-refractivity contribution is 9.10. The monoisotopic (exact) mass is 728 g/mol. The summed E-state index contributed by atoms with van der Waals surface area (Å²) in [7, 11) is 0. The van der Waals surface area contributed by atoms with Gasteiger partial charge in [-0.15, -0.1) is 0 Å². The molecule has 2 aliphatic rings. The van der Waals surface area contributed by atoms with Gasteiger partial charge in [0.15, 0.2) is 11.6 Å². The largest absolute Gasteiger partial charge is 0.494 e. The summed E-state index contributed by atoms with van der Waals surface area (Å²) < 4.78 is 13.3. The lowest BCUT2D eigenvalue weighted by molar-refractivity contribution is -0.130. The number of ether oxygens (including phenoxy) is 2. The summed E-state index contributed by atoms with van der Waals surface area (Å²) in [5, 5.41) is 13.1. The van der Waals surface area contributed by atoms with Crippen LogP contribution in [0.25, 0.3) is 21.6 Å². The molecule has 2 atom stereocenters. The second-order valence-electron chi connectivity index (χ2n) is 12.0. The van der Waals surface area contributed by atoms with Crippen molar-refractivity contribution in [2.75, 3.05) is 13.2 Å². The normalized spacial score (nSPS) is 17.6. The van der Waals surface area contributed by atoms with Gasteiger partial charge in [-0.25, -0.2) is 10.4 Å². The number of halogens is 1. The van der Waals surface area contributed by atoms with Crippen molar-refractivity contribution >= 4 is 33.4 Å². The molecule has 5 aromatic carbocycles. The van der Waals surface area contributed by atoms with Gasteiger partial charge in [0, 0.05) is 45.6 Å². The fourth-order valence-electron chi connectivity index (χ4n) is 6.58. The molecule has 250 valence electrons. The average molecular weight is 730 g/mol. The molecule has 5 aromatic rings. The van der Waals surface area contributed by atoms with Crippen LogP contribution >= 0.6 is 15.9 Å². The molecule has 11 heteroatoms. The Kier molecular flexibility index (Phi) is 9.64. The Morgan fingerprint density at radius 1 is 0.900 bits per heavy atom. The summed E-state index contributed by atoms with van der Waals surface area (Å²) in [6, 6.07) is 38.0. The van der Waals surface area contributed by atoms with Crippen molar-refractivity contribution < 1.29 is 19.4 Å². The average Bonchev–Trinajstić information content (AvgIpc) is 3.69. The van der Waals surface area contributed by atoms with E-state index in [2.05, 4.69) is 61.1 Å². The standard InChI is InChI=1S/C39H33BrN6O4/c40-27-18-14-25(15-19-27)24-39(38(48)45-44-35-31-10-3-1-8-29(31)30-9-2-4-11-32(30)35)36(33-12-5-6-13-34(33)43-46-41)50-37(42-39)26-16-20-28(21-17-26)49-23-7-22-47/h1-6,8-21,35-36,44,47H,7,22-24H2,(H,45,48)/t36-,39-/m0/s1. The van der Waals surface area contributed by atoms with Crippen molar-refractivity contribution in [2.24, 2.45) is 10.1 Å². The van der Waals surface area contributed by atoms with Crippen LogP contribution in [0.5, 0.6) is 5.75 Å². The van der Waals surface area contributed by atoms with E-state index < -0.39 is 17.6 Å². The molecule has 0 spiro atoms. The van der Waals surface area contributed by atoms with Crippen LogP contribution in [-0.4, -0.2) is 35.7 Å². The van der Waals surface area contributed by atoms with E-state index in [0.717, 1.165) is 32.3 Å². The fourth-order valence-corrected chi connectivity index (χ4v) is 6.84. The number of rotatable bonds is 12. The third-order valence-electron chi connectivity index (χ3n) is 8.95. The smallest absolute Gasteiger partial charge is 0.266 e. The molecule has 50 heavy (non-hydrogen) atoms. The van der Waals surface area contributed by atoms with Gasteiger partial charge in [-0.05, 0) is 69.7 Å². The van der Waals surface area contributed by atoms with Gasteiger partial charge in [-0.2, -0.15) is 0 Å². The number of azide groups is 1. The number of aliphatic hydroxyl groups is 1. The molecule has 0 saturated heterocycles. The van der Waals surface area contributed by atoms with Gasteiger partial charge in [0.05, 0.1) is 12.6 Å². The molecule has 0 aromatic heterocycles. The minimum atomic E-state index is -1.54. The first-order chi connectivity index (χ1) is 24.5. The minimum Gasteiger partial charge on any atom is -0.494 e. The molecule has 0 fully saturated rings. The zero-order chi connectivity index (χ0) is 34.5. The van der Waals surface area contributed by atoms with Crippen molar-refractivity contribution in [3.05, 3.63) is 164 Å². The second kappa shape index (κ2) is 14.6. The first-order valence-corrected chi connectivity index (χ1v) is 17.0. The minimum absolute atomic E-state index is 0.0403. The lowest BCUT2D eigenvalue weighted by Gasteiger charge is -2.32. The molecular weight excluding hydrogens is 696 g/mol. The van der Waals surface area contributed by atoms with E-state index in [1.54, 1.807) is 30.3 Å². The van der Waals surface area contributed by atoms with Crippen molar-refractivity contribution in [2.45, 2.75) is 30.5 Å². The van der Waals surface area contributed by atoms with E-state index in [1.807, 2.05) is 66.7 Å². The SMILES string of the molecule is [N-]=[N+]=Nc1ccccc1[C@@H]1OC(c2ccc(OCCCO)cc2)=N[C@]1(Cc1ccc(Br)cc1)C(=O)NNC1c2ccccc2-c2ccccc21. The third kappa shape index (κ3) is 6.47. The molecule has 1 amide bonds. The van der Waals surface area contributed by atoms with Crippen LogP contribution in [0.3, 0.4) is 0 Å². The van der Waals surface area contributed by atoms with Gasteiger partial charge in [0.1, 0.15) is 5.75 Å².